The van der Waals surface area contributed by atoms with Crippen LogP contribution < -0.4 is 5.32 Å². The summed E-state index contributed by atoms with van der Waals surface area (Å²) in [4.78, 5) is 0. The Morgan fingerprint density at radius 2 is 1.95 bits per heavy atom. The lowest BCUT2D eigenvalue weighted by molar-refractivity contribution is 0.0196. The van der Waals surface area contributed by atoms with E-state index in [-0.39, 0.29) is 0 Å². The molecule has 0 atom stereocenters. The third-order valence-corrected chi connectivity index (χ3v) is 2.61. The van der Waals surface area contributed by atoms with E-state index in [1.807, 2.05) is 6.07 Å². The molecule has 0 saturated heterocycles. The van der Waals surface area contributed by atoms with Gasteiger partial charge >= 0.3 is 0 Å². The molecule has 0 aliphatic carbocycles. The molecule has 0 amide bonds. The molecule has 1 aromatic rings. The topological polar surface area (TPSA) is 52.9 Å². The maximum absolute atomic E-state index is 5.55. The molecular weight excluding hydrogens is 246 g/mol. The largest absolute Gasteiger partial charge is 0.468 e. The highest BCUT2D eigenvalue weighted by Gasteiger charge is 2.05. The van der Waals surface area contributed by atoms with Crippen LogP contribution in [0.15, 0.2) is 16.7 Å². The standard InChI is InChI=1S/C14H25NO4/c1-3-5-15-11-14-13(4-6-19-14)12-18-10-9-17-8-7-16-2/h4,6,15H,3,5,7-12H2,1-2H3. The molecule has 0 aliphatic rings. The van der Waals surface area contributed by atoms with Crippen LogP contribution in [-0.2, 0) is 27.4 Å². The fourth-order valence-corrected chi connectivity index (χ4v) is 1.57. The number of furan rings is 1. The van der Waals surface area contributed by atoms with E-state index in [2.05, 4.69) is 12.2 Å². The smallest absolute Gasteiger partial charge is 0.123 e. The Hall–Kier alpha value is -0.880. The molecule has 0 aromatic carbocycles. The van der Waals surface area contributed by atoms with Crippen LogP contribution in [0.5, 0.6) is 0 Å². The first-order valence-electron chi connectivity index (χ1n) is 6.78. The van der Waals surface area contributed by atoms with E-state index >= 15 is 0 Å². The Labute approximate surface area is 115 Å². The van der Waals surface area contributed by atoms with Gasteiger partial charge in [-0.15, -0.1) is 0 Å². The zero-order valence-corrected chi connectivity index (χ0v) is 11.9. The van der Waals surface area contributed by atoms with Crippen molar-refractivity contribution in [3.05, 3.63) is 23.7 Å². The number of hydrogen-bond acceptors (Lipinski definition) is 5. The lowest BCUT2D eigenvalue weighted by Crippen LogP contribution is -2.14. The normalized spacial score (nSPS) is 11.1. The molecule has 0 bridgehead atoms. The summed E-state index contributed by atoms with van der Waals surface area (Å²) in [5.74, 6) is 0.953. The minimum Gasteiger partial charge on any atom is -0.468 e. The van der Waals surface area contributed by atoms with Crippen molar-refractivity contribution in [3.63, 3.8) is 0 Å². The number of hydrogen-bond donors (Lipinski definition) is 1. The second kappa shape index (κ2) is 11.0. The van der Waals surface area contributed by atoms with Gasteiger partial charge < -0.3 is 23.9 Å². The molecule has 0 unspecified atom stereocenters. The summed E-state index contributed by atoms with van der Waals surface area (Å²) in [6.45, 7) is 6.85. The number of nitrogens with one attached hydrogen (secondary N) is 1. The average molecular weight is 271 g/mol. The van der Waals surface area contributed by atoms with E-state index in [1.54, 1.807) is 13.4 Å². The van der Waals surface area contributed by atoms with Gasteiger partial charge in [-0.2, -0.15) is 0 Å². The van der Waals surface area contributed by atoms with Gasteiger partial charge in [-0.3, -0.25) is 0 Å². The van der Waals surface area contributed by atoms with Crippen LogP contribution >= 0.6 is 0 Å². The van der Waals surface area contributed by atoms with Crippen LogP contribution in [-0.4, -0.2) is 40.1 Å². The van der Waals surface area contributed by atoms with E-state index in [4.69, 9.17) is 18.6 Å². The van der Waals surface area contributed by atoms with E-state index in [9.17, 15) is 0 Å². The molecule has 0 aliphatic heterocycles. The van der Waals surface area contributed by atoms with Crippen molar-refractivity contribution in [3.8, 4) is 0 Å². The lowest BCUT2D eigenvalue weighted by atomic mass is 10.2. The van der Waals surface area contributed by atoms with Gasteiger partial charge in [0.25, 0.3) is 0 Å². The molecule has 0 spiro atoms. The van der Waals surface area contributed by atoms with Crippen LogP contribution in [0.25, 0.3) is 0 Å². The van der Waals surface area contributed by atoms with Gasteiger partial charge in [0.15, 0.2) is 0 Å². The van der Waals surface area contributed by atoms with E-state index in [0.717, 1.165) is 30.8 Å². The first kappa shape index (κ1) is 16.2. The molecule has 5 nitrogen and oxygen atoms in total. The summed E-state index contributed by atoms with van der Waals surface area (Å²) in [7, 11) is 1.66. The third-order valence-electron chi connectivity index (χ3n) is 2.61. The van der Waals surface area contributed by atoms with Gasteiger partial charge in [0.1, 0.15) is 5.76 Å². The molecule has 1 rings (SSSR count). The highest BCUT2D eigenvalue weighted by Crippen LogP contribution is 2.11. The van der Waals surface area contributed by atoms with Gasteiger partial charge in [0.05, 0.1) is 45.8 Å². The molecule has 0 fully saturated rings. The summed E-state index contributed by atoms with van der Waals surface area (Å²) >= 11 is 0. The Balaban J connectivity index is 2.10. The van der Waals surface area contributed by atoms with Crippen LogP contribution in [0.3, 0.4) is 0 Å². The van der Waals surface area contributed by atoms with Gasteiger partial charge in [-0.25, -0.2) is 0 Å². The van der Waals surface area contributed by atoms with Gasteiger partial charge in [-0.1, -0.05) is 6.92 Å². The zero-order chi connectivity index (χ0) is 13.8. The second-order valence-corrected chi connectivity index (χ2v) is 4.20. The quantitative estimate of drug-likeness (QED) is 0.589. The molecule has 0 radical (unpaired) electrons. The van der Waals surface area contributed by atoms with Crippen molar-refractivity contribution in [2.24, 2.45) is 0 Å². The van der Waals surface area contributed by atoms with Crippen LogP contribution in [0, 0.1) is 0 Å². The van der Waals surface area contributed by atoms with Crippen LogP contribution in [0.1, 0.15) is 24.7 Å². The predicted molar refractivity (Wildman–Crippen MR) is 73.1 cm³/mol. The van der Waals surface area contributed by atoms with E-state index < -0.39 is 0 Å². The molecule has 1 N–H and O–H groups in total. The van der Waals surface area contributed by atoms with E-state index in [1.165, 1.54) is 0 Å². The monoisotopic (exact) mass is 271 g/mol. The summed E-state index contributed by atoms with van der Waals surface area (Å²) in [6, 6.07) is 1.95. The predicted octanol–water partition coefficient (Wildman–Crippen LogP) is 1.96. The first-order valence-corrected chi connectivity index (χ1v) is 6.78. The van der Waals surface area contributed by atoms with Crippen LogP contribution in [0.4, 0.5) is 0 Å². The van der Waals surface area contributed by atoms with Gasteiger partial charge in [0.2, 0.25) is 0 Å². The third kappa shape index (κ3) is 7.32. The molecule has 110 valence electrons. The number of ether oxygens (including phenoxy) is 3. The Kier molecular flexibility index (Phi) is 9.36. The highest BCUT2D eigenvalue weighted by molar-refractivity contribution is 5.15. The van der Waals surface area contributed by atoms with Crippen molar-refractivity contribution in [1.82, 2.24) is 5.32 Å². The van der Waals surface area contributed by atoms with Crippen molar-refractivity contribution in [1.29, 1.82) is 0 Å². The van der Waals surface area contributed by atoms with E-state index in [0.29, 0.717) is 33.0 Å². The fourth-order valence-electron chi connectivity index (χ4n) is 1.57. The molecule has 0 saturated carbocycles. The highest BCUT2D eigenvalue weighted by atomic mass is 16.5. The van der Waals surface area contributed by atoms with Crippen molar-refractivity contribution < 1.29 is 18.6 Å². The second-order valence-electron chi connectivity index (χ2n) is 4.20. The molecular formula is C14H25NO4. The van der Waals surface area contributed by atoms with Crippen LogP contribution in [0.2, 0.25) is 0 Å². The SMILES string of the molecule is CCCNCc1occc1COCCOCCOC. The zero-order valence-electron chi connectivity index (χ0n) is 11.9. The average Bonchev–Trinajstić information content (AvgIpc) is 2.86. The van der Waals surface area contributed by atoms with Crippen molar-refractivity contribution in [2.75, 3.05) is 40.1 Å². The fraction of sp³-hybridized carbons (Fsp3) is 0.714. The Morgan fingerprint density at radius 1 is 1.16 bits per heavy atom. The summed E-state index contributed by atoms with van der Waals surface area (Å²) in [5, 5.41) is 3.31. The lowest BCUT2D eigenvalue weighted by Gasteiger charge is -2.06. The van der Waals surface area contributed by atoms with Crippen molar-refractivity contribution >= 4 is 0 Å². The summed E-state index contributed by atoms with van der Waals surface area (Å²) in [5.41, 5.74) is 1.10. The minimum atomic E-state index is 0.563. The Bertz CT molecular complexity index is 314. The summed E-state index contributed by atoms with van der Waals surface area (Å²) < 4.78 is 21.2. The van der Waals surface area contributed by atoms with Gasteiger partial charge in [0, 0.05) is 12.7 Å². The number of methoxy groups -OCH3 is 1. The maximum Gasteiger partial charge on any atom is 0.123 e. The molecule has 1 heterocycles. The number of rotatable bonds is 12. The Morgan fingerprint density at radius 3 is 2.74 bits per heavy atom. The molecule has 1 aromatic heterocycles. The minimum absolute atomic E-state index is 0.563. The molecule has 5 heteroatoms. The van der Waals surface area contributed by atoms with Gasteiger partial charge in [-0.05, 0) is 19.0 Å². The summed E-state index contributed by atoms with van der Waals surface area (Å²) in [6.07, 6.45) is 2.82. The maximum atomic E-state index is 5.55. The van der Waals surface area contributed by atoms with Crippen molar-refractivity contribution in [2.45, 2.75) is 26.5 Å². The first-order chi connectivity index (χ1) is 9.38. The molecule has 19 heavy (non-hydrogen) atoms.